The van der Waals surface area contributed by atoms with Gasteiger partial charge in [-0.1, -0.05) is 48.5 Å². The number of nitrogens with one attached hydrogen (secondary N) is 2. The molecule has 0 aliphatic heterocycles. The van der Waals surface area contributed by atoms with Gasteiger partial charge in [0.05, 0.1) is 12.1 Å². The van der Waals surface area contributed by atoms with Crippen molar-refractivity contribution in [1.29, 1.82) is 5.26 Å². The third-order valence-electron chi connectivity index (χ3n) is 6.11. The van der Waals surface area contributed by atoms with Crippen LogP contribution in [0.3, 0.4) is 0 Å². The van der Waals surface area contributed by atoms with Crippen molar-refractivity contribution in [2.45, 2.75) is 39.2 Å². The summed E-state index contributed by atoms with van der Waals surface area (Å²) in [5.41, 5.74) is 3.11. The number of ether oxygens (including phenoxy) is 1. The minimum Gasteiger partial charge on any atom is -0.457 e. The van der Waals surface area contributed by atoms with E-state index in [1.807, 2.05) is 43.3 Å². The van der Waals surface area contributed by atoms with Crippen LogP contribution in [0.5, 0.6) is 11.5 Å². The quantitative estimate of drug-likeness (QED) is 0.248. The topological polar surface area (TPSA) is 91.2 Å². The molecule has 0 saturated heterocycles. The van der Waals surface area contributed by atoms with Crippen LogP contribution < -0.4 is 15.4 Å². The summed E-state index contributed by atoms with van der Waals surface area (Å²) >= 11 is 0. The summed E-state index contributed by atoms with van der Waals surface area (Å²) in [4.78, 5) is 24.7. The minimum atomic E-state index is -0.212. The second-order valence-corrected chi connectivity index (χ2v) is 8.90. The van der Waals surface area contributed by atoms with Gasteiger partial charge in [-0.3, -0.25) is 9.59 Å². The van der Waals surface area contributed by atoms with Crippen LogP contribution in [0.25, 0.3) is 10.8 Å². The molecule has 0 heterocycles. The fourth-order valence-corrected chi connectivity index (χ4v) is 4.33. The Kier molecular flexibility index (Phi) is 8.17. The molecule has 4 aromatic carbocycles. The first-order valence-corrected chi connectivity index (χ1v) is 12.3. The number of nitriles is 1. The van der Waals surface area contributed by atoms with Crippen molar-refractivity contribution in [1.82, 2.24) is 5.32 Å². The third kappa shape index (κ3) is 6.53. The molecule has 6 nitrogen and oxygen atoms in total. The number of aryl methyl sites for hydroxylation is 1. The Hall–Kier alpha value is -4.63. The van der Waals surface area contributed by atoms with Crippen LogP contribution in [-0.4, -0.2) is 11.8 Å². The van der Waals surface area contributed by atoms with Crippen molar-refractivity contribution >= 4 is 28.3 Å². The number of carbonyl (C=O) groups excluding carboxylic acids is 2. The van der Waals surface area contributed by atoms with Crippen LogP contribution >= 0.6 is 0 Å². The molecule has 186 valence electrons. The van der Waals surface area contributed by atoms with E-state index < -0.39 is 0 Å². The predicted octanol–water partition coefficient (Wildman–Crippen LogP) is 6.93. The van der Waals surface area contributed by atoms with Crippen molar-refractivity contribution in [2.75, 3.05) is 5.32 Å². The number of anilines is 1. The number of carbonyl (C=O) groups is 2. The molecule has 0 bridgehead atoms. The highest BCUT2D eigenvalue weighted by molar-refractivity contribution is 5.97. The lowest BCUT2D eigenvalue weighted by molar-refractivity contribution is -0.114. The molecule has 4 aromatic rings. The number of amides is 2. The van der Waals surface area contributed by atoms with E-state index in [-0.39, 0.29) is 17.9 Å². The maximum absolute atomic E-state index is 13.5. The summed E-state index contributed by atoms with van der Waals surface area (Å²) in [5, 5.41) is 17.1. The van der Waals surface area contributed by atoms with Gasteiger partial charge >= 0.3 is 0 Å². The van der Waals surface area contributed by atoms with Crippen LogP contribution in [0, 0.1) is 11.3 Å². The average molecular weight is 492 g/mol. The van der Waals surface area contributed by atoms with Crippen LogP contribution in [0.4, 0.5) is 5.69 Å². The number of hydrogen-bond acceptors (Lipinski definition) is 4. The van der Waals surface area contributed by atoms with E-state index in [4.69, 9.17) is 10.00 Å². The Morgan fingerprint density at radius 3 is 2.43 bits per heavy atom. The Balaban J connectivity index is 1.57. The first-order chi connectivity index (χ1) is 17.9. The van der Waals surface area contributed by atoms with Gasteiger partial charge in [0.15, 0.2) is 0 Å². The summed E-state index contributed by atoms with van der Waals surface area (Å²) in [7, 11) is 0. The molecular weight excluding hydrogens is 462 g/mol. The average Bonchev–Trinajstić information content (AvgIpc) is 2.90. The van der Waals surface area contributed by atoms with Gasteiger partial charge in [0.2, 0.25) is 5.91 Å². The molecule has 4 rings (SSSR count). The summed E-state index contributed by atoms with van der Waals surface area (Å²) in [6, 6.07) is 28.7. The van der Waals surface area contributed by atoms with E-state index in [0.717, 1.165) is 21.9 Å². The smallest absolute Gasteiger partial charge is 0.252 e. The van der Waals surface area contributed by atoms with Crippen molar-refractivity contribution in [3.05, 3.63) is 102 Å². The predicted molar refractivity (Wildman–Crippen MR) is 146 cm³/mol. The molecule has 0 aromatic heterocycles. The molecule has 0 unspecified atom stereocenters. The summed E-state index contributed by atoms with van der Waals surface area (Å²) in [5.74, 6) is 0.772. The Bertz CT molecular complexity index is 1450. The summed E-state index contributed by atoms with van der Waals surface area (Å²) in [6.07, 6.45) is 1.71. The van der Waals surface area contributed by atoms with Crippen molar-refractivity contribution in [3.63, 3.8) is 0 Å². The fraction of sp³-hybridized carbons (Fsp3) is 0.194. The van der Waals surface area contributed by atoms with Crippen LogP contribution in [0.2, 0.25) is 0 Å². The standard InChI is InChI=1S/C31H29N3O3/c1-21(28-12-7-10-23-8-3-4-11-29(23)28)33-31(36)30-20-27(16-13-24(30)9-5-6-19-32)37-26-17-14-25(15-18-26)34-22(2)35/h3-4,7-8,10-18,20-21H,5-6,9H2,1-2H3,(H,33,36)(H,34,35)/t21-/m1/s1. The highest BCUT2D eigenvalue weighted by Crippen LogP contribution is 2.28. The van der Waals surface area contributed by atoms with Crippen LogP contribution in [0.1, 0.15) is 54.2 Å². The van der Waals surface area contributed by atoms with Crippen molar-refractivity contribution < 1.29 is 14.3 Å². The molecule has 2 amide bonds. The largest absolute Gasteiger partial charge is 0.457 e. The zero-order valence-corrected chi connectivity index (χ0v) is 21.0. The van der Waals surface area contributed by atoms with Crippen LogP contribution in [0.15, 0.2) is 84.9 Å². The van der Waals surface area contributed by atoms with E-state index in [0.29, 0.717) is 42.0 Å². The second kappa shape index (κ2) is 11.9. The molecule has 37 heavy (non-hydrogen) atoms. The number of rotatable bonds is 9. The van der Waals surface area contributed by atoms with Gasteiger partial charge in [0.25, 0.3) is 5.91 Å². The Labute approximate surface area is 216 Å². The zero-order chi connectivity index (χ0) is 26.2. The van der Waals surface area contributed by atoms with Crippen molar-refractivity contribution in [2.24, 2.45) is 0 Å². The first-order valence-electron chi connectivity index (χ1n) is 12.3. The van der Waals surface area contributed by atoms with Gasteiger partial charge in [0, 0.05) is 24.6 Å². The highest BCUT2D eigenvalue weighted by Gasteiger charge is 2.18. The Morgan fingerprint density at radius 1 is 0.946 bits per heavy atom. The van der Waals surface area contributed by atoms with E-state index in [1.165, 1.54) is 6.92 Å². The lowest BCUT2D eigenvalue weighted by Crippen LogP contribution is -2.27. The molecule has 2 N–H and O–H groups in total. The lowest BCUT2D eigenvalue weighted by Gasteiger charge is -2.19. The van der Waals surface area contributed by atoms with E-state index in [1.54, 1.807) is 30.3 Å². The molecule has 0 saturated carbocycles. The lowest BCUT2D eigenvalue weighted by atomic mass is 9.98. The first kappa shape index (κ1) is 25.5. The molecule has 0 fully saturated rings. The summed E-state index contributed by atoms with van der Waals surface area (Å²) in [6.45, 7) is 3.43. The number of unbranched alkanes of at least 4 members (excludes halogenated alkanes) is 1. The monoisotopic (exact) mass is 491 g/mol. The van der Waals surface area contributed by atoms with E-state index in [2.05, 4.69) is 34.9 Å². The van der Waals surface area contributed by atoms with E-state index in [9.17, 15) is 9.59 Å². The normalized spacial score (nSPS) is 11.4. The maximum atomic E-state index is 13.5. The fourth-order valence-electron chi connectivity index (χ4n) is 4.33. The Morgan fingerprint density at radius 2 is 1.68 bits per heavy atom. The van der Waals surface area contributed by atoms with Gasteiger partial charge in [0.1, 0.15) is 11.5 Å². The molecule has 0 radical (unpaired) electrons. The van der Waals surface area contributed by atoms with Gasteiger partial charge < -0.3 is 15.4 Å². The van der Waals surface area contributed by atoms with E-state index >= 15 is 0 Å². The molecule has 0 spiro atoms. The number of nitrogens with zero attached hydrogens (tertiary/aromatic N) is 1. The molecule has 1 atom stereocenters. The molecule has 0 aliphatic carbocycles. The van der Waals surface area contributed by atoms with Gasteiger partial charge in [-0.25, -0.2) is 0 Å². The molecule has 6 heteroatoms. The number of hydrogen-bond donors (Lipinski definition) is 2. The van der Waals surface area contributed by atoms with Gasteiger partial charge in [-0.15, -0.1) is 0 Å². The minimum absolute atomic E-state index is 0.144. The zero-order valence-electron chi connectivity index (χ0n) is 21.0. The number of fused-ring (bicyclic) bond motifs is 1. The van der Waals surface area contributed by atoms with Gasteiger partial charge in [-0.2, -0.15) is 5.26 Å². The SMILES string of the molecule is CC(=O)Nc1ccc(Oc2ccc(CCCC#N)c(C(=O)N[C@H](C)c3cccc4ccccc34)c2)cc1. The maximum Gasteiger partial charge on any atom is 0.252 e. The van der Waals surface area contributed by atoms with Gasteiger partial charge in [-0.05, 0) is 78.1 Å². The third-order valence-corrected chi connectivity index (χ3v) is 6.11. The molecule has 0 aliphatic rings. The van der Waals surface area contributed by atoms with Crippen molar-refractivity contribution in [3.8, 4) is 17.6 Å². The second-order valence-electron chi connectivity index (χ2n) is 8.90. The summed E-state index contributed by atoms with van der Waals surface area (Å²) < 4.78 is 6.01. The molecular formula is C31H29N3O3. The highest BCUT2D eigenvalue weighted by atomic mass is 16.5. The number of benzene rings is 4. The van der Waals surface area contributed by atoms with Crippen LogP contribution in [-0.2, 0) is 11.2 Å².